The van der Waals surface area contributed by atoms with E-state index in [4.69, 9.17) is 9.47 Å². The predicted molar refractivity (Wildman–Crippen MR) is 108 cm³/mol. The lowest BCUT2D eigenvalue weighted by molar-refractivity contribution is -0.159. The molecule has 0 amide bonds. The third kappa shape index (κ3) is 4.47. The largest absolute Gasteiger partial charge is 0.504 e. The van der Waals surface area contributed by atoms with Crippen molar-refractivity contribution in [3.8, 4) is 11.5 Å². The molecule has 2 aromatic rings. The van der Waals surface area contributed by atoms with E-state index in [-0.39, 0.29) is 11.7 Å². The van der Waals surface area contributed by atoms with Gasteiger partial charge in [-0.3, -0.25) is 9.69 Å². The smallest absolute Gasteiger partial charge is 0.313 e. The molecular formula is C23H29NO4. The number of aromatic hydroxyl groups is 1. The Hall–Kier alpha value is -2.53. The Bertz CT molecular complexity index is 792. The maximum atomic E-state index is 13.0. The minimum Gasteiger partial charge on any atom is -0.504 e. The normalized spacial score (nSPS) is 19.9. The van der Waals surface area contributed by atoms with Gasteiger partial charge in [0, 0.05) is 18.7 Å². The molecule has 0 saturated carbocycles. The van der Waals surface area contributed by atoms with Crippen LogP contribution in [-0.4, -0.2) is 42.8 Å². The van der Waals surface area contributed by atoms with Gasteiger partial charge >= 0.3 is 5.97 Å². The molecule has 5 heteroatoms. The number of rotatable bonds is 7. The number of methoxy groups -OCH3 is 1. The average molecular weight is 383 g/mol. The van der Waals surface area contributed by atoms with Gasteiger partial charge in [0.2, 0.25) is 0 Å². The summed E-state index contributed by atoms with van der Waals surface area (Å²) < 4.78 is 10.7. The number of nitrogens with zero attached hydrogens (tertiary/aromatic N) is 1. The van der Waals surface area contributed by atoms with Gasteiger partial charge in [0.25, 0.3) is 0 Å². The molecule has 0 spiro atoms. The van der Waals surface area contributed by atoms with Crippen LogP contribution in [0.2, 0.25) is 0 Å². The van der Waals surface area contributed by atoms with Crippen LogP contribution in [0.1, 0.15) is 30.9 Å². The molecule has 1 atom stereocenters. The van der Waals surface area contributed by atoms with Crippen LogP contribution in [0.5, 0.6) is 11.5 Å². The highest BCUT2D eigenvalue weighted by Gasteiger charge is 2.43. The molecule has 0 unspecified atom stereocenters. The van der Waals surface area contributed by atoms with Gasteiger partial charge < -0.3 is 14.6 Å². The van der Waals surface area contributed by atoms with Crippen LogP contribution in [0.15, 0.2) is 48.5 Å². The Kier molecular flexibility index (Phi) is 6.57. The summed E-state index contributed by atoms with van der Waals surface area (Å²) in [6.45, 7) is 4.29. The van der Waals surface area contributed by atoms with E-state index in [0.717, 1.165) is 30.5 Å². The number of piperidine rings is 1. The molecular weight excluding hydrogens is 354 g/mol. The fourth-order valence-electron chi connectivity index (χ4n) is 4.12. The molecule has 28 heavy (non-hydrogen) atoms. The zero-order valence-corrected chi connectivity index (χ0v) is 16.7. The Morgan fingerprint density at radius 2 is 1.96 bits per heavy atom. The quantitative estimate of drug-likeness (QED) is 0.737. The van der Waals surface area contributed by atoms with Crippen molar-refractivity contribution in [1.29, 1.82) is 0 Å². The molecule has 1 saturated heterocycles. The van der Waals surface area contributed by atoms with Crippen LogP contribution in [-0.2, 0) is 22.5 Å². The van der Waals surface area contributed by atoms with E-state index >= 15 is 0 Å². The first kappa shape index (κ1) is 20.2. The summed E-state index contributed by atoms with van der Waals surface area (Å²) in [7, 11) is 1.55. The van der Waals surface area contributed by atoms with Gasteiger partial charge in [-0.1, -0.05) is 42.5 Å². The number of esters is 1. The van der Waals surface area contributed by atoms with E-state index in [0.29, 0.717) is 31.9 Å². The number of benzene rings is 2. The molecule has 1 aliphatic rings. The zero-order valence-electron chi connectivity index (χ0n) is 16.7. The summed E-state index contributed by atoms with van der Waals surface area (Å²) in [5, 5.41) is 10.4. The summed E-state index contributed by atoms with van der Waals surface area (Å²) in [6, 6.07) is 15.6. The van der Waals surface area contributed by atoms with Gasteiger partial charge in [-0.05, 0) is 44.4 Å². The number of para-hydroxylation sites is 1. The molecule has 1 aliphatic heterocycles. The van der Waals surface area contributed by atoms with Crippen molar-refractivity contribution in [2.24, 2.45) is 5.41 Å². The SMILES string of the molecule is CCOC(=O)[C@@]1(Cc2ccccc2)CCCN(Cc2cccc(OC)c2O)C1. The van der Waals surface area contributed by atoms with Crippen LogP contribution in [0.25, 0.3) is 0 Å². The Morgan fingerprint density at radius 3 is 2.68 bits per heavy atom. The summed E-state index contributed by atoms with van der Waals surface area (Å²) in [4.78, 5) is 15.2. The van der Waals surface area contributed by atoms with Crippen LogP contribution in [0.4, 0.5) is 0 Å². The Morgan fingerprint density at radius 1 is 1.18 bits per heavy atom. The van der Waals surface area contributed by atoms with Crippen LogP contribution >= 0.6 is 0 Å². The van der Waals surface area contributed by atoms with Crippen LogP contribution in [0.3, 0.4) is 0 Å². The van der Waals surface area contributed by atoms with E-state index in [1.165, 1.54) is 0 Å². The highest BCUT2D eigenvalue weighted by molar-refractivity contribution is 5.77. The van der Waals surface area contributed by atoms with Gasteiger partial charge in [0.1, 0.15) is 0 Å². The topological polar surface area (TPSA) is 59.0 Å². The maximum absolute atomic E-state index is 13.0. The van der Waals surface area contributed by atoms with E-state index < -0.39 is 5.41 Å². The number of phenols is 1. The van der Waals surface area contributed by atoms with Crippen molar-refractivity contribution < 1.29 is 19.4 Å². The van der Waals surface area contributed by atoms with Crippen molar-refractivity contribution in [3.63, 3.8) is 0 Å². The molecule has 0 bridgehead atoms. The number of hydrogen-bond donors (Lipinski definition) is 1. The van der Waals surface area contributed by atoms with Crippen molar-refractivity contribution >= 4 is 5.97 Å². The standard InChI is InChI=1S/C23H29NO4/c1-3-28-22(26)23(15-18-9-5-4-6-10-18)13-8-14-24(17-23)16-19-11-7-12-20(27-2)21(19)25/h4-7,9-12,25H,3,8,13-17H2,1-2H3/t23-/m1/s1. The Balaban J connectivity index is 1.82. The molecule has 0 radical (unpaired) electrons. The monoisotopic (exact) mass is 383 g/mol. The molecule has 0 aromatic heterocycles. The second kappa shape index (κ2) is 9.11. The number of carbonyl (C=O) groups is 1. The summed E-state index contributed by atoms with van der Waals surface area (Å²) in [5.74, 6) is 0.509. The lowest BCUT2D eigenvalue weighted by Crippen LogP contribution is -2.49. The van der Waals surface area contributed by atoms with E-state index in [1.54, 1.807) is 13.2 Å². The molecule has 0 aliphatic carbocycles. The van der Waals surface area contributed by atoms with Gasteiger partial charge in [-0.15, -0.1) is 0 Å². The lowest BCUT2D eigenvalue weighted by Gasteiger charge is -2.41. The summed E-state index contributed by atoms with van der Waals surface area (Å²) >= 11 is 0. The third-order valence-corrected chi connectivity index (χ3v) is 5.45. The average Bonchev–Trinajstić information content (AvgIpc) is 2.71. The first-order chi connectivity index (χ1) is 13.6. The summed E-state index contributed by atoms with van der Waals surface area (Å²) in [5.41, 5.74) is 1.38. The second-order valence-corrected chi connectivity index (χ2v) is 7.45. The van der Waals surface area contributed by atoms with E-state index in [9.17, 15) is 9.90 Å². The van der Waals surface area contributed by atoms with Crippen molar-refractivity contribution in [2.75, 3.05) is 26.8 Å². The molecule has 5 nitrogen and oxygen atoms in total. The van der Waals surface area contributed by atoms with E-state index in [1.807, 2.05) is 37.3 Å². The van der Waals surface area contributed by atoms with E-state index in [2.05, 4.69) is 17.0 Å². The highest BCUT2D eigenvalue weighted by atomic mass is 16.5. The van der Waals surface area contributed by atoms with Crippen LogP contribution in [0, 0.1) is 5.41 Å². The number of likely N-dealkylation sites (tertiary alicyclic amines) is 1. The minimum absolute atomic E-state index is 0.126. The molecule has 150 valence electrons. The fraction of sp³-hybridized carbons (Fsp3) is 0.435. The number of hydrogen-bond acceptors (Lipinski definition) is 5. The van der Waals surface area contributed by atoms with Crippen molar-refractivity contribution in [2.45, 2.75) is 32.7 Å². The second-order valence-electron chi connectivity index (χ2n) is 7.45. The molecule has 1 N–H and O–H groups in total. The lowest BCUT2D eigenvalue weighted by atomic mass is 9.75. The number of carbonyl (C=O) groups excluding carboxylic acids is 1. The first-order valence-corrected chi connectivity index (χ1v) is 9.86. The van der Waals surface area contributed by atoms with Gasteiger partial charge in [0.15, 0.2) is 11.5 Å². The minimum atomic E-state index is -0.565. The van der Waals surface area contributed by atoms with Gasteiger partial charge in [-0.2, -0.15) is 0 Å². The Labute approximate surface area is 166 Å². The van der Waals surface area contributed by atoms with Gasteiger partial charge in [0.05, 0.1) is 19.1 Å². The summed E-state index contributed by atoms with van der Waals surface area (Å²) in [6.07, 6.45) is 2.38. The van der Waals surface area contributed by atoms with Crippen molar-refractivity contribution in [1.82, 2.24) is 4.90 Å². The molecule has 1 heterocycles. The number of phenolic OH excluding ortho intramolecular Hbond substituents is 1. The molecule has 3 rings (SSSR count). The predicted octanol–water partition coefficient (Wildman–Crippen LogP) is 3.79. The van der Waals surface area contributed by atoms with Crippen molar-refractivity contribution in [3.05, 3.63) is 59.7 Å². The number of ether oxygens (including phenoxy) is 2. The van der Waals surface area contributed by atoms with Crippen LogP contribution < -0.4 is 4.74 Å². The highest BCUT2D eigenvalue weighted by Crippen LogP contribution is 2.37. The maximum Gasteiger partial charge on any atom is 0.313 e. The van der Waals surface area contributed by atoms with Gasteiger partial charge in [-0.25, -0.2) is 0 Å². The first-order valence-electron chi connectivity index (χ1n) is 9.86. The molecule has 2 aromatic carbocycles. The third-order valence-electron chi connectivity index (χ3n) is 5.45. The molecule has 1 fully saturated rings. The fourth-order valence-corrected chi connectivity index (χ4v) is 4.12. The zero-order chi connectivity index (χ0) is 20.0.